The summed E-state index contributed by atoms with van der Waals surface area (Å²) in [5.74, 6) is 0.176. The number of nitrogens with zero attached hydrogens (tertiary/aromatic N) is 2. The van der Waals surface area contributed by atoms with E-state index < -0.39 is 0 Å². The molecule has 0 saturated carbocycles. The lowest BCUT2D eigenvalue weighted by Gasteiger charge is -2.22. The van der Waals surface area contributed by atoms with E-state index in [2.05, 4.69) is 10.2 Å². The van der Waals surface area contributed by atoms with E-state index in [0.29, 0.717) is 0 Å². The molecule has 2 unspecified atom stereocenters. The number of rotatable bonds is 4. The van der Waals surface area contributed by atoms with E-state index in [0.717, 1.165) is 18.7 Å². The van der Waals surface area contributed by atoms with Gasteiger partial charge in [0.15, 0.2) is 0 Å². The maximum Gasteiger partial charge on any atom is 0.245 e. The largest absolute Gasteiger partial charge is 0.324 e. The normalized spacial score (nSPS) is 24.0. The molecule has 1 amide bonds. The van der Waals surface area contributed by atoms with E-state index in [1.165, 1.54) is 0 Å². The maximum absolute atomic E-state index is 12.4. The Kier molecular flexibility index (Phi) is 3.99. The van der Waals surface area contributed by atoms with Crippen LogP contribution in [0.5, 0.6) is 0 Å². The van der Waals surface area contributed by atoms with Crippen LogP contribution in [0.2, 0.25) is 0 Å². The van der Waals surface area contributed by atoms with Gasteiger partial charge in [0.2, 0.25) is 5.91 Å². The summed E-state index contributed by atoms with van der Waals surface area (Å²) in [6.45, 7) is 3.69. The number of hydrogen-bond donors (Lipinski definition) is 1. The van der Waals surface area contributed by atoms with Crippen LogP contribution in [0.3, 0.4) is 0 Å². The molecule has 1 aliphatic rings. The van der Waals surface area contributed by atoms with Crippen LogP contribution < -0.4 is 5.32 Å². The molecule has 2 rings (SSSR count). The van der Waals surface area contributed by atoms with Gasteiger partial charge in [-0.05, 0) is 26.6 Å². The summed E-state index contributed by atoms with van der Waals surface area (Å²) in [6, 6.07) is 9.71. The Labute approximate surface area is 109 Å². The average Bonchev–Trinajstić information content (AvgIpc) is 2.63. The molecular weight excluding hydrogens is 226 g/mol. The summed E-state index contributed by atoms with van der Waals surface area (Å²) in [5.41, 5.74) is 1.04. The maximum atomic E-state index is 12.4. The Morgan fingerprint density at radius 3 is 2.56 bits per heavy atom. The Morgan fingerprint density at radius 2 is 1.94 bits per heavy atom. The molecule has 1 aromatic carbocycles. The first-order chi connectivity index (χ1) is 8.59. The lowest BCUT2D eigenvalue weighted by molar-refractivity contribution is -0.130. The molecule has 4 heteroatoms. The molecule has 1 saturated heterocycles. The Hall–Kier alpha value is -1.39. The zero-order valence-electron chi connectivity index (χ0n) is 11.3. The molecule has 0 aromatic heterocycles. The van der Waals surface area contributed by atoms with Crippen LogP contribution in [0.15, 0.2) is 30.3 Å². The highest BCUT2D eigenvalue weighted by atomic mass is 16.2. The predicted octanol–water partition coefficient (Wildman–Crippen LogP) is 1.07. The third kappa shape index (κ3) is 2.71. The minimum atomic E-state index is -0.191. The highest BCUT2D eigenvalue weighted by Gasteiger charge is 2.36. The van der Waals surface area contributed by atoms with Crippen molar-refractivity contribution in [2.45, 2.75) is 19.1 Å². The molecule has 1 aromatic rings. The van der Waals surface area contributed by atoms with E-state index in [1.807, 2.05) is 56.3 Å². The van der Waals surface area contributed by atoms with Gasteiger partial charge in [0, 0.05) is 13.1 Å². The van der Waals surface area contributed by atoms with Crippen molar-refractivity contribution in [1.82, 2.24) is 15.1 Å². The summed E-state index contributed by atoms with van der Waals surface area (Å²) in [4.78, 5) is 16.4. The number of carbonyl (C=O) groups excluding carboxylic acids is 1. The minimum Gasteiger partial charge on any atom is -0.324 e. The Balaban J connectivity index is 2.07. The van der Waals surface area contributed by atoms with Gasteiger partial charge in [-0.15, -0.1) is 0 Å². The van der Waals surface area contributed by atoms with Crippen molar-refractivity contribution in [2.24, 2.45) is 0 Å². The molecule has 98 valence electrons. The quantitative estimate of drug-likeness (QED) is 0.864. The summed E-state index contributed by atoms with van der Waals surface area (Å²) in [6.07, 6.45) is 0.0997. The highest BCUT2D eigenvalue weighted by Crippen LogP contribution is 2.23. The van der Waals surface area contributed by atoms with Crippen LogP contribution in [0.1, 0.15) is 18.5 Å². The second-order valence-corrected chi connectivity index (χ2v) is 5.02. The molecule has 0 aliphatic carbocycles. The number of benzene rings is 1. The molecule has 1 heterocycles. The van der Waals surface area contributed by atoms with Crippen LogP contribution in [0.4, 0.5) is 0 Å². The highest BCUT2D eigenvalue weighted by molar-refractivity contribution is 5.85. The Morgan fingerprint density at radius 1 is 1.28 bits per heavy atom. The van der Waals surface area contributed by atoms with Crippen LogP contribution in [0.25, 0.3) is 0 Å². The first-order valence-corrected chi connectivity index (χ1v) is 6.36. The fourth-order valence-corrected chi connectivity index (χ4v) is 2.26. The van der Waals surface area contributed by atoms with Gasteiger partial charge in [0.25, 0.3) is 0 Å². The molecule has 0 radical (unpaired) electrons. The second-order valence-electron chi connectivity index (χ2n) is 5.02. The number of carbonyl (C=O) groups is 1. The van der Waals surface area contributed by atoms with E-state index in [4.69, 9.17) is 0 Å². The molecule has 1 fully saturated rings. The molecule has 0 spiro atoms. The zero-order valence-corrected chi connectivity index (χ0v) is 11.3. The fourth-order valence-electron chi connectivity index (χ4n) is 2.26. The molecule has 4 nitrogen and oxygen atoms in total. The summed E-state index contributed by atoms with van der Waals surface area (Å²) >= 11 is 0. The minimum absolute atomic E-state index is 0.0997. The summed E-state index contributed by atoms with van der Waals surface area (Å²) < 4.78 is 0. The topological polar surface area (TPSA) is 35.6 Å². The third-order valence-electron chi connectivity index (χ3n) is 3.33. The van der Waals surface area contributed by atoms with Gasteiger partial charge < -0.3 is 9.80 Å². The van der Waals surface area contributed by atoms with Gasteiger partial charge in [-0.1, -0.05) is 30.3 Å². The van der Waals surface area contributed by atoms with Gasteiger partial charge in [-0.3, -0.25) is 10.1 Å². The SMILES string of the molecule is CC1NC(c2ccccc2)C(=O)N1CCN(C)C. The monoisotopic (exact) mass is 247 g/mol. The van der Waals surface area contributed by atoms with Crippen LogP contribution in [-0.2, 0) is 4.79 Å². The Bertz CT molecular complexity index is 405. The summed E-state index contributed by atoms with van der Waals surface area (Å²) in [7, 11) is 4.04. The van der Waals surface area contributed by atoms with Crippen LogP contribution in [0, 0.1) is 0 Å². The zero-order chi connectivity index (χ0) is 13.1. The third-order valence-corrected chi connectivity index (χ3v) is 3.33. The van der Waals surface area contributed by atoms with Crippen molar-refractivity contribution in [1.29, 1.82) is 0 Å². The van der Waals surface area contributed by atoms with E-state index in [1.54, 1.807) is 0 Å². The molecule has 0 bridgehead atoms. The van der Waals surface area contributed by atoms with Crippen molar-refractivity contribution in [3.8, 4) is 0 Å². The molecule has 18 heavy (non-hydrogen) atoms. The van der Waals surface area contributed by atoms with Crippen molar-refractivity contribution in [3.05, 3.63) is 35.9 Å². The van der Waals surface area contributed by atoms with Crippen molar-refractivity contribution >= 4 is 5.91 Å². The van der Waals surface area contributed by atoms with Crippen LogP contribution in [-0.4, -0.2) is 49.1 Å². The van der Waals surface area contributed by atoms with Crippen LogP contribution >= 0.6 is 0 Å². The van der Waals surface area contributed by atoms with Gasteiger partial charge in [-0.2, -0.15) is 0 Å². The smallest absolute Gasteiger partial charge is 0.245 e. The molecule has 1 N–H and O–H groups in total. The first kappa shape index (κ1) is 13.1. The molecule has 1 aliphatic heterocycles. The van der Waals surface area contributed by atoms with E-state index in [-0.39, 0.29) is 18.1 Å². The van der Waals surface area contributed by atoms with Crippen molar-refractivity contribution in [3.63, 3.8) is 0 Å². The second kappa shape index (κ2) is 5.50. The number of hydrogen-bond acceptors (Lipinski definition) is 3. The van der Waals surface area contributed by atoms with Gasteiger partial charge in [0.1, 0.15) is 6.04 Å². The van der Waals surface area contributed by atoms with E-state index >= 15 is 0 Å². The number of nitrogens with one attached hydrogen (secondary N) is 1. The van der Waals surface area contributed by atoms with Crippen molar-refractivity contribution < 1.29 is 4.79 Å². The molecule has 2 atom stereocenters. The average molecular weight is 247 g/mol. The lowest BCUT2D eigenvalue weighted by Crippen LogP contribution is -2.39. The number of likely N-dealkylation sites (N-methyl/N-ethyl adjacent to an activating group) is 1. The number of amides is 1. The predicted molar refractivity (Wildman–Crippen MR) is 72.0 cm³/mol. The first-order valence-electron chi connectivity index (χ1n) is 6.36. The fraction of sp³-hybridized carbons (Fsp3) is 0.500. The van der Waals surface area contributed by atoms with Crippen molar-refractivity contribution in [2.75, 3.05) is 27.2 Å². The standard InChI is InChI=1S/C14H21N3O/c1-11-15-13(12-7-5-4-6-8-12)14(18)17(11)10-9-16(2)3/h4-8,11,13,15H,9-10H2,1-3H3. The molecular formula is C14H21N3O. The lowest BCUT2D eigenvalue weighted by atomic mass is 10.1. The van der Waals surface area contributed by atoms with Gasteiger partial charge in [0.05, 0.1) is 6.17 Å². The summed E-state index contributed by atoms with van der Waals surface area (Å²) in [5, 5.41) is 3.35. The van der Waals surface area contributed by atoms with Gasteiger partial charge in [-0.25, -0.2) is 0 Å². The van der Waals surface area contributed by atoms with E-state index in [9.17, 15) is 4.79 Å². The van der Waals surface area contributed by atoms with Gasteiger partial charge >= 0.3 is 0 Å².